The van der Waals surface area contributed by atoms with Gasteiger partial charge in [-0.05, 0) is 18.6 Å². The average Bonchev–Trinajstić information content (AvgIpc) is 2.81. The predicted octanol–water partition coefficient (Wildman–Crippen LogP) is 1.46. The van der Waals surface area contributed by atoms with Crippen LogP contribution in [0.5, 0.6) is 0 Å². The molecule has 1 amide bonds. The molecule has 1 unspecified atom stereocenters. The Hall–Kier alpha value is -2.04. The molecule has 1 aliphatic heterocycles. The van der Waals surface area contributed by atoms with Gasteiger partial charge in [0.25, 0.3) is 5.91 Å². The van der Waals surface area contributed by atoms with Gasteiger partial charge >= 0.3 is 0 Å². The van der Waals surface area contributed by atoms with Gasteiger partial charge in [-0.15, -0.1) is 0 Å². The number of nitrogens with one attached hydrogen (secondary N) is 2. The normalized spacial score (nSPS) is 20.2. The summed E-state index contributed by atoms with van der Waals surface area (Å²) in [6.45, 7) is 0. The number of hydrogen-bond acceptors (Lipinski definition) is 5. The molecule has 0 radical (unpaired) electrons. The van der Waals surface area contributed by atoms with E-state index in [9.17, 15) is 13.2 Å². The number of rotatable bonds is 4. The number of carbonyl (C=O) groups excluding carboxylic acids is 1. The molecule has 6 nitrogen and oxygen atoms in total. The average molecular weight is 340 g/mol. The van der Waals surface area contributed by atoms with E-state index >= 15 is 0 Å². The van der Waals surface area contributed by atoms with Crippen LogP contribution in [0.1, 0.15) is 6.42 Å². The Morgan fingerprint density at radius 3 is 2.73 bits per heavy atom. The standard InChI is InChI=1S/C14H14ClN3O3S/c15-12-3-1-2-4-13(12)18-14(19)10(7-16)8-17-11-5-6-22(20,21)9-11/h1-4,8,11,17H,5-6,9H2,(H,18,19)/b10-8-. The fraction of sp³-hybridized carbons (Fsp3) is 0.286. The molecule has 8 heteroatoms. The number of benzene rings is 1. The number of halogens is 1. The first-order valence-corrected chi connectivity index (χ1v) is 8.74. The van der Waals surface area contributed by atoms with Crippen LogP contribution in [0.2, 0.25) is 5.02 Å². The van der Waals surface area contributed by atoms with Crippen LogP contribution in [0.15, 0.2) is 36.0 Å². The summed E-state index contributed by atoms with van der Waals surface area (Å²) in [6, 6.07) is 8.17. The van der Waals surface area contributed by atoms with Crippen molar-refractivity contribution in [1.82, 2.24) is 5.32 Å². The first kappa shape index (κ1) is 16.3. The van der Waals surface area contributed by atoms with E-state index in [1.807, 2.05) is 0 Å². The van der Waals surface area contributed by atoms with Crippen LogP contribution >= 0.6 is 11.6 Å². The zero-order valence-corrected chi connectivity index (χ0v) is 13.1. The van der Waals surface area contributed by atoms with Gasteiger partial charge < -0.3 is 10.6 Å². The third kappa shape index (κ3) is 4.23. The van der Waals surface area contributed by atoms with Gasteiger partial charge in [0.2, 0.25) is 0 Å². The third-order valence-corrected chi connectivity index (χ3v) is 5.28. The van der Waals surface area contributed by atoms with Crippen LogP contribution in [0.4, 0.5) is 5.69 Å². The molecule has 0 bridgehead atoms. The lowest BCUT2D eigenvalue weighted by Gasteiger charge is -2.09. The lowest BCUT2D eigenvalue weighted by molar-refractivity contribution is -0.112. The summed E-state index contributed by atoms with van der Waals surface area (Å²) in [4.78, 5) is 12.0. The number of hydrogen-bond donors (Lipinski definition) is 2. The lowest BCUT2D eigenvalue weighted by Crippen LogP contribution is -2.27. The topological polar surface area (TPSA) is 99.1 Å². The van der Waals surface area contributed by atoms with Crippen molar-refractivity contribution < 1.29 is 13.2 Å². The van der Waals surface area contributed by atoms with Crippen LogP contribution in [-0.4, -0.2) is 31.9 Å². The smallest absolute Gasteiger partial charge is 0.267 e. The summed E-state index contributed by atoms with van der Waals surface area (Å²) < 4.78 is 22.7. The fourth-order valence-electron chi connectivity index (χ4n) is 2.03. The highest BCUT2D eigenvalue weighted by molar-refractivity contribution is 7.91. The Morgan fingerprint density at radius 2 is 2.14 bits per heavy atom. The quantitative estimate of drug-likeness (QED) is 0.639. The highest BCUT2D eigenvalue weighted by atomic mass is 35.5. The molecule has 0 aromatic heterocycles. The number of nitriles is 1. The van der Waals surface area contributed by atoms with Gasteiger partial charge in [0, 0.05) is 12.2 Å². The zero-order chi connectivity index (χ0) is 16.2. The van der Waals surface area contributed by atoms with Crippen molar-refractivity contribution in [3.05, 3.63) is 41.1 Å². The van der Waals surface area contributed by atoms with E-state index in [1.165, 1.54) is 6.20 Å². The van der Waals surface area contributed by atoms with Crippen LogP contribution in [0.3, 0.4) is 0 Å². The number of carbonyl (C=O) groups is 1. The van der Waals surface area contributed by atoms with E-state index < -0.39 is 15.7 Å². The van der Waals surface area contributed by atoms with Gasteiger partial charge in [-0.2, -0.15) is 5.26 Å². The molecular formula is C14H14ClN3O3S. The van der Waals surface area contributed by atoms with Crippen LogP contribution in [-0.2, 0) is 14.6 Å². The first-order valence-electron chi connectivity index (χ1n) is 6.54. The Labute approximate surface area is 133 Å². The van der Waals surface area contributed by atoms with Gasteiger partial charge in [-0.3, -0.25) is 4.79 Å². The highest BCUT2D eigenvalue weighted by Gasteiger charge is 2.27. The molecular weight excluding hydrogens is 326 g/mol. The molecule has 0 saturated carbocycles. The van der Waals surface area contributed by atoms with Crippen LogP contribution in [0, 0.1) is 11.3 Å². The summed E-state index contributed by atoms with van der Waals surface area (Å²) in [6.07, 6.45) is 1.71. The predicted molar refractivity (Wildman–Crippen MR) is 84.0 cm³/mol. The molecule has 1 fully saturated rings. The Balaban J connectivity index is 2.02. The summed E-state index contributed by atoms with van der Waals surface area (Å²) in [7, 11) is -3.02. The second-order valence-electron chi connectivity index (χ2n) is 4.87. The zero-order valence-electron chi connectivity index (χ0n) is 11.5. The van der Waals surface area contributed by atoms with Crippen molar-refractivity contribution in [3.63, 3.8) is 0 Å². The van der Waals surface area contributed by atoms with Crippen LogP contribution in [0.25, 0.3) is 0 Å². The third-order valence-electron chi connectivity index (χ3n) is 3.18. The van der Waals surface area contributed by atoms with Crippen molar-refractivity contribution in [2.45, 2.75) is 12.5 Å². The van der Waals surface area contributed by atoms with Crippen LogP contribution < -0.4 is 10.6 Å². The van der Waals surface area contributed by atoms with Gasteiger partial charge in [-0.25, -0.2) is 8.42 Å². The second-order valence-corrected chi connectivity index (χ2v) is 7.51. The summed E-state index contributed by atoms with van der Waals surface area (Å²) in [5.41, 5.74) is 0.253. The Morgan fingerprint density at radius 1 is 1.41 bits per heavy atom. The summed E-state index contributed by atoms with van der Waals surface area (Å²) >= 11 is 5.93. The van der Waals surface area contributed by atoms with E-state index in [-0.39, 0.29) is 23.1 Å². The number of sulfone groups is 1. The molecule has 1 saturated heterocycles. The number of amides is 1. The maximum absolute atomic E-state index is 12.0. The molecule has 1 atom stereocenters. The molecule has 2 rings (SSSR count). The first-order chi connectivity index (χ1) is 10.4. The maximum atomic E-state index is 12.0. The molecule has 1 heterocycles. The van der Waals surface area contributed by atoms with Crippen molar-refractivity contribution in [2.24, 2.45) is 0 Å². The molecule has 1 aliphatic rings. The van der Waals surface area contributed by atoms with Crippen molar-refractivity contribution in [1.29, 1.82) is 5.26 Å². The maximum Gasteiger partial charge on any atom is 0.267 e. The minimum Gasteiger partial charge on any atom is -0.386 e. The molecule has 22 heavy (non-hydrogen) atoms. The van der Waals surface area contributed by atoms with E-state index in [4.69, 9.17) is 16.9 Å². The van der Waals surface area contributed by atoms with E-state index in [0.717, 1.165) is 0 Å². The Bertz CT molecular complexity index is 753. The fourth-order valence-corrected chi connectivity index (χ4v) is 3.90. The molecule has 1 aromatic carbocycles. The molecule has 0 aliphatic carbocycles. The second kappa shape index (κ2) is 6.81. The largest absolute Gasteiger partial charge is 0.386 e. The molecule has 0 spiro atoms. The van der Waals surface area contributed by atoms with E-state index in [2.05, 4.69) is 10.6 Å². The lowest BCUT2D eigenvalue weighted by atomic mass is 10.2. The van der Waals surface area contributed by atoms with Gasteiger partial charge in [0.15, 0.2) is 9.84 Å². The number of nitrogens with zero attached hydrogens (tertiary/aromatic N) is 1. The minimum absolute atomic E-state index is 0.00827. The van der Waals surface area contributed by atoms with Crippen molar-refractivity contribution >= 4 is 33.0 Å². The van der Waals surface area contributed by atoms with Crippen molar-refractivity contribution in [3.8, 4) is 6.07 Å². The number of anilines is 1. The summed E-state index contributed by atoms with van der Waals surface area (Å²) in [5.74, 6) is -0.482. The summed E-state index contributed by atoms with van der Waals surface area (Å²) in [5, 5.41) is 14.8. The monoisotopic (exact) mass is 339 g/mol. The molecule has 2 N–H and O–H groups in total. The van der Waals surface area contributed by atoms with Crippen molar-refractivity contribution in [2.75, 3.05) is 16.8 Å². The molecule has 1 aromatic rings. The molecule has 116 valence electrons. The number of para-hydroxylation sites is 1. The van der Waals surface area contributed by atoms with E-state index in [0.29, 0.717) is 17.1 Å². The SMILES string of the molecule is N#C/C(=C/NC1CCS(=O)(=O)C1)C(=O)Nc1ccccc1Cl. The highest BCUT2D eigenvalue weighted by Crippen LogP contribution is 2.21. The van der Waals surface area contributed by atoms with Gasteiger partial charge in [0.1, 0.15) is 11.6 Å². The van der Waals surface area contributed by atoms with E-state index in [1.54, 1.807) is 30.3 Å². The van der Waals surface area contributed by atoms with Gasteiger partial charge in [0.05, 0.1) is 22.2 Å². The minimum atomic E-state index is -3.02. The Kier molecular flexibility index (Phi) is 5.06. The van der Waals surface area contributed by atoms with Gasteiger partial charge in [-0.1, -0.05) is 23.7 Å².